The van der Waals surface area contributed by atoms with Gasteiger partial charge in [0.25, 0.3) is 0 Å². The molecule has 0 fully saturated rings. The highest BCUT2D eigenvalue weighted by molar-refractivity contribution is 9.12. The lowest BCUT2D eigenvalue weighted by Gasteiger charge is -2.19. The summed E-state index contributed by atoms with van der Waals surface area (Å²) in [6, 6.07) is 0. The first-order valence-electron chi connectivity index (χ1n) is 6.27. The Bertz CT molecular complexity index is 574. The van der Waals surface area contributed by atoms with Crippen molar-refractivity contribution in [1.29, 1.82) is 0 Å². The highest BCUT2D eigenvalue weighted by Gasteiger charge is 2.35. The average Bonchev–Trinajstić information content (AvgIpc) is 2.47. The molecule has 1 heterocycles. The first-order chi connectivity index (χ1) is 9.06. The molecule has 0 aromatic carbocycles. The zero-order valence-electron chi connectivity index (χ0n) is 10.1. The lowest BCUT2D eigenvalue weighted by Crippen LogP contribution is -2.26. The van der Waals surface area contributed by atoms with Crippen LogP contribution in [0.5, 0.6) is 0 Å². The molecule has 100 valence electrons. The van der Waals surface area contributed by atoms with Gasteiger partial charge in [-0.3, -0.25) is 9.79 Å². The van der Waals surface area contributed by atoms with Gasteiger partial charge < -0.3 is 0 Å². The predicted octanol–water partition coefficient (Wildman–Crippen LogP) is 4.63. The fraction of sp³-hybridized carbons (Fsp3) is 0.429. The van der Waals surface area contributed by atoms with Crippen LogP contribution in [0.15, 0.2) is 37.4 Å². The van der Waals surface area contributed by atoms with Crippen molar-refractivity contribution >= 4 is 55.0 Å². The van der Waals surface area contributed by atoms with E-state index in [2.05, 4.69) is 36.9 Å². The molecule has 1 aliphatic heterocycles. The number of hydrogen-bond donors (Lipinski definition) is 0. The minimum Gasteiger partial charge on any atom is -0.287 e. The minimum absolute atomic E-state index is 0.0205. The number of rotatable bonds is 0. The van der Waals surface area contributed by atoms with Gasteiger partial charge in [-0.25, -0.2) is 0 Å². The topological polar surface area (TPSA) is 29.4 Å². The molecule has 0 radical (unpaired) electrons. The summed E-state index contributed by atoms with van der Waals surface area (Å²) in [6.45, 7) is 0. The number of alkyl halides is 1. The van der Waals surface area contributed by atoms with E-state index >= 15 is 0 Å². The Balaban J connectivity index is 2.04. The molecule has 0 amide bonds. The van der Waals surface area contributed by atoms with Crippen LogP contribution in [0, 0.1) is 5.92 Å². The number of hydrogen-bond acceptors (Lipinski definition) is 2. The van der Waals surface area contributed by atoms with Gasteiger partial charge in [-0.15, -0.1) is 11.6 Å². The van der Waals surface area contributed by atoms with Gasteiger partial charge in [0.05, 0.1) is 11.1 Å². The number of carbonyl (C=O) groups is 1. The van der Waals surface area contributed by atoms with Gasteiger partial charge in [-0.2, -0.15) is 0 Å². The largest absolute Gasteiger partial charge is 0.287 e. The Hall–Kier alpha value is -0.190. The number of ketones is 1. The summed E-state index contributed by atoms with van der Waals surface area (Å²) in [7, 11) is 0. The Morgan fingerprint density at radius 2 is 2.11 bits per heavy atom. The van der Waals surface area contributed by atoms with E-state index in [1.54, 1.807) is 6.20 Å². The molecule has 0 saturated heterocycles. The Kier molecular flexibility index (Phi) is 3.84. The summed E-state index contributed by atoms with van der Waals surface area (Å²) in [4.78, 5) is 17.1. The molecule has 5 heteroatoms. The molecule has 0 saturated carbocycles. The van der Waals surface area contributed by atoms with Crippen LogP contribution in [0.1, 0.15) is 25.7 Å². The number of Topliss-reactive ketones (excluding diaryl/α,β-unsaturated/α-hetero) is 1. The monoisotopic (exact) mass is 403 g/mol. The van der Waals surface area contributed by atoms with Crippen LogP contribution < -0.4 is 0 Å². The molecule has 3 aliphatic rings. The normalized spacial score (nSPS) is 30.9. The minimum atomic E-state index is -0.0205. The molecule has 2 atom stereocenters. The average molecular weight is 406 g/mol. The first-order valence-corrected chi connectivity index (χ1v) is 8.29. The van der Waals surface area contributed by atoms with E-state index in [-0.39, 0.29) is 17.1 Å². The second-order valence-electron chi connectivity index (χ2n) is 5.07. The van der Waals surface area contributed by atoms with Crippen molar-refractivity contribution in [2.45, 2.75) is 31.1 Å². The van der Waals surface area contributed by atoms with Gasteiger partial charge in [-0.1, -0.05) is 43.5 Å². The zero-order valence-corrected chi connectivity index (χ0v) is 14.1. The molecular formula is C14H12Br2ClNO. The van der Waals surface area contributed by atoms with Crippen molar-refractivity contribution in [1.82, 2.24) is 0 Å². The summed E-state index contributed by atoms with van der Waals surface area (Å²) in [5.74, 6) is 0.298. The standard InChI is InChI=1S/C14H12Br2ClNO/c15-9-3-8-2-1-7-4-10(17)5-11(16)12(7)14(19)13(8)18-6-9/h5-6,8,10H,1-4H2. The van der Waals surface area contributed by atoms with E-state index in [1.165, 1.54) is 5.57 Å². The van der Waals surface area contributed by atoms with Crippen molar-refractivity contribution in [2.75, 3.05) is 0 Å². The van der Waals surface area contributed by atoms with Crippen molar-refractivity contribution in [2.24, 2.45) is 10.9 Å². The molecule has 19 heavy (non-hydrogen) atoms. The zero-order chi connectivity index (χ0) is 13.6. The molecule has 2 nitrogen and oxygen atoms in total. The molecule has 0 N–H and O–H groups in total. The SMILES string of the molecule is O=C1C2=NC=C(Br)CC2CCC2=C1C(Br)=CC(Cl)C2. The second-order valence-corrected chi connectivity index (χ2v) is 7.51. The van der Waals surface area contributed by atoms with E-state index in [9.17, 15) is 4.79 Å². The lowest BCUT2D eigenvalue weighted by molar-refractivity contribution is -0.109. The number of allylic oxidation sites excluding steroid dienone is 5. The van der Waals surface area contributed by atoms with Gasteiger partial charge in [0, 0.05) is 26.7 Å². The summed E-state index contributed by atoms with van der Waals surface area (Å²) >= 11 is 13.2. The van der Waals surface area contributed by atoms with Crippen molar-refractivity contribution in [3.63, 3.8) is 0 Å². The van der Waals surface area contributed by atoms with Crippen LogP contribution >= 0.6 is 43.5 Å². The molecule has 0 bridgehead atoms. The molecular weight excluding hydrogens is 393 g/mol. The molecule has 3 rings (SSSR count). The number of fused-ring (bicyclic) bond motifs is 1. The molecule has 0 aromatic heterocycles. The smallest absolute Gasteiger partial charge is 0.208 e. The number of halogens is 3. The quantitative estimate of drug-likeness (QED) is 0.540. The maximum absolute atomic E-state index is 12.7. The van der Waals surface area contributed by atoms with Crippen LogP contribution in [0.2, 0.25) is 0 Å². The fourth-order valence-corrected chi connectivity index (χ4v) is 4.63. The summed E-state index contributed by atoms with van der Waals surface area (Å²) in [6.07, 6.45) is 7.20. The third-order valence-corrected chi connectivity index (χ3v) is 5.26. The third kappa shape index (κ3) is 2.55. The summed E-state index contributed by atoms with van der Waals surface area (Å²) in [5, 5.41) is -0.0205. The van der Waals surface area contributed by atoms with Gasteiger partial charge in [0.2, 0.25) is 5.78 Å². The van der Waals surface area contributed by atoms with Crippen molar-refractivity contribution in [3.8, 4) is 0 Å². The Morgan fingerprint density at radius 3 is 2.89 bits per heavy atom. The van der Waals surface area contributed by atoms with Crippen molar-refractivity contribution in [3.05, 3.63) is 32.4 Å². The fourth-order valence-electron chi connectivity index (χ4n) is 2.89. The van der Waals surface area contributed by atoms with Gasteiger partial charge >= 0.3 is 0 Å². The number of aliphatic imine (C=N–C) groups is 1. The van der Waals surface area contributed by atoms with E-state index in [0.717, 1.165) is 40.2 Å². The summed E-state index contributed by atoms with van der Waals surface area (Å²) in [5.41, 5.74) is 2.67. The Labute approximate surface area is 133 Å². The van der Waals surface area contributed by atoms with Gasteiger partial charge in [-0.05, 0) is 25.7 Å². The third-order valence-electron chi connectivity index (χ3n) is 3.79. The highest BCUT2D eigenvalue weighted by Crippen LogP contribution is 2.40. The predicted molar refractivity (Wildman–Crippen MR) is 85.1 cm³/mol. The van der Waals surface area contributed by atoms with Crippen LogP contribution in [-0.4, -0.2) is 16.9 Å². The lowest BCUT2D eigenvalue weighted by atomic mass is 9.91. The first kappa shape index (κ1) is 13.8. The second kappa shape index (κ2) is 5.30. The van der Waals surface area contributed by atoms with E-state index in [0.29, 0.717) is 5.71 Å². The number of carbonyl (C=O) groups excluding carboxylic acids is 1. The maximum atomic E-state index is 12.7. The van der Waals surface area contributed by atoms with Crippen LogP contribution in [-0.2, 0) is 4.79 Å². The molecule has 2 unspecified atom stereocenters. The van der Waals surface area contributed by atoms with Crippen LogP contribution in [0.3, 0.4) is 0 Å². The van der Waals surface area contributed by atoms with Crippen LogP contribution in [0.4, 0.5) is 0 Å². The molecule has 0 aromatic rings. The van der Waals surface area contributed by atoms with Gasteiger partial charge in [0.15, 0.2) is 0 Å². The maximum Gasteiger partial charge on any atom is 0.208 e. The molecule has 0 spiro atoms. The van der Waals surface area contributed by atoms with Crippen molar-refractivity contribution < 1.29 is 4.79 Å². The van der Waals surface area contributed by atoms with Crippen LogP contribution in [0.25, 0.3) is 0 Å². The van der Waals surface area contributed by atoms with Gasteiger partial charge in [0.1, 0.15) is 0 Å². The Morgan fingerprint density at radius 1 is 1.32 bits per heavy atom. The highest BCUT2D eigenvalue weighted by atomic mass is 79.9. The number of nitrogens with zero attached hydrogens (tertiary/aromatic N) is 1. The summed E-state index contributed by atoms with van der Waals surface area (Å²) < 4.78 is 1.90. The van der Waals surface area contributed by atoms with E-state index in [1.807, 2.05) is 6.08 Å². The van der Waals surface area contributed by atoms with E-state index in [4.69, 9.17) is 11.6 Å². The molecule has 2 aliphatic carbocycles. The van der Waals surface area contributed by atoms with E-state index < -0.39 is 0 Å².